The Kier molecular flexibility index (Phi) is 5.05. The summed E-state index contributed by atoms with van der Waals surface area (Å²) in [5, 5.41) is 4.73. The van der Waals surface area contributed by atoms with Crippen LogP contribution in [0.3, 0.4) is 0 Å². The second-order valence-corrected chi connectivity index (χ2v) is 8.88. The molecule has 2 rings (SSSR count). The average molecular weight is 308 g/mol. The third kappa shape index (κ3) is 5.00. The Hall–Kier alpha value is -0.530. The largest absolute Gasteiger partial charge is 0.311 e. The second kappa shape index (κ2) is 6.30. The summed E-state index contributed by atoms with van der Waals surface area (Å²) >= 11 is 6.27. The first-order valence-corrected chi connectivity index (χ1v) is 8.54. The second-order valence-electron chi connectivity index (χ2n) is 8.47. The van der Waals surface area contributed by atoms with Crippen molar-refractivity contribution in [2.24, 2.45) is 10.8 Å². The fourth-order valence-electron chi connectivity index (χ4n) is 4.42. The molecule has 0 aliphatic heterocycles. The van der Waals surface area contributed by atoms with Crippen molar-refractivity contribution in [3.63, 3.8) is 0 Å². The van der Waals surface area contributed by atoms with Crippen molar-refractivity contribution in [2.75, 3.05) is 0 Å². The van der Waals surface area contributed by atoms with Gasteiger partial charge in [0.2, 0.25) is 0 Å². The van der Waals surface area contributed by atoms with E-state index in [4.69, 9.17) is 11.6 Å². The van der Waals surface area contributed by atoms with E-state index < -0.39 is 0 Å². The van der Waals surface area contributed by atoms with E-state index in [0.29, 0.717) is 22.9 Å². The Labute approximate surface area is 135 Å². The molecule has 1 saturated carbocycles. The lowest BCUT2D eigenvalue weighted by Gasteiger charge is -2.46. The van der Waals surface area contributed by atoms with Gasteiger partial charge in [-0.3, -0.25) is 0 Å². The zero-order valence-corrected chi connectivity index (χ0v) is 14.9. The molecule has 118 valence electrons. The van der Waals surface area contributed by atoms with E-state index in [1.54, 1.807) is 0 Å². The van der Waals surface area contributed by atoms with Crippen molar-refractivity contribution < 1.29 is 0 Å². The quantitative estimate of drug-likeness (QED) is 0.778. The van der Waals surface area contributed by atoms with Crippen molar-refractivity contribution in [2.45, 2.75) is 72.4 Å². The minimum Gasteiger partial charge on any atom is -0.311 e. The van der Waals surface area contributed by atoms with Crippen LogP contribution in [0.5, 0.6) is 0 Å². The summed E-state index contributed by atoms with van der Waals surface area (Å²) in [7, 11) is 0. The lowest BCUT2D eigenvalue weighted by Crippen LogP contribution is -2.47. The first-order chi connectivity index (χ1) is 9.67. The van der Waals surface area contributed by atoms with E-state index in [1.807, 2.05) is 12.1 Å². The number of rotatable bonds is 4. The molecule has 0 aromatic heterocycles. The SMILES string of the molecule is CC(Cc1ccccc1Cl)NC1CC(C)(C)CC(C)(C)C1. The highest BCUT2D eigenvalue weighted by Crippen LogP contribution is 2.45. The van der Waals surface area contributed by atoms with Crippen LogP contribution in [-0.4, -0.2) is 12.1 Å². The Morgan fingerprint density at radius 3 is 2.29 bits per heavy atom. The predicted molar refractivity (Wildman–Crippen MR) is 93.0 cm³/mol. The van der Waals surface area contributed by atoms with Gasteiger partial charge in [0.1, 0.15) is 0 Å². The maximum atomic E-state index is 6.27. The lowest BCUT2D eigenvalue weighted by atomic mass is 9.63. The first kappa shape index (κ1) is 16.8. The topological polar surface area (TPSA) is 12.0 Å². The van der Waals surface area contributed by atoms with Crippen LogP contribution in [0.2, 0.25) is 5.02 Å². The van der Waals surface area contributed by atoms with Crippen molar-refractivity contribution in [1.29, 1.82) is 0 Å². The molecular weight excluding hydrogens is 278 g/mol. The monoisotopic (exact) mass is 307 g/mol. The summed E-state index contributed by atoms with van der Waals surface area (Å²) in [6.45, 7) is 11.9. The van der Waals surface area contributed by atoms with Gasteiger partial charge in [-0.15, -0.1) is 0 Å². The molecule has 0 saturated heterocycles. The average Bonchev–Trinajstić information content (AvgIpc) is 2.27. The van der Waals surface area contributed by atoms with Crippen LogP contribution >= 0.6 is 11.6 Å². The van der Waals surface area contributed by atoms with Crippen LogP contribution in [0, 0.1) is 10.8 Å². The molecule has 1 aliphatic carbocycles. The summed E-state index contributed by atoms with van der Waals surface area (Å²) in [5.74, 6) is 0. The molecule has 0 spiro atoms. The Bertz CT molecular complexity index is 462. The van der Waals surface area contributed by atoms with E-state index in [-0.39, 0.29) is 0 Å². The van der Waals surface area contributed by atoms with E-state index in [0.717, 1.165) is 11.4 Å². The summed E-state index contributed by atoms with van der Waals surface area (Å²) in [4.78, 5) is 0. The summed E-state index contributed by atoms with van der Waals surface area (Å²) in [6.07, 6.45) is 4.85. The summed E-state index contributed by atoms with van der Waals surface area (Å²) in [6, 6.07) is 9.25. The summed E-state index contributed by atoms with van der Waals surface area (Å²) in [5.41, 5.74) is 2.11. The Balaban J connectivity index is 1.96. The number of halogens is 1. The molecule has 1 aliphatic rings. The highest BCUT2D eigenvalue weighted by molar-refractivity contribution is 6.31. The normalized spacial score (nSPS) is 23.0. The van der Waals surface area contributed by atoms with Gasteiger partial charge < -0.3 is 5.32 Å². The van der Waals surface area contributed by atoms with Crippen molar-refractivity contribution in [3.8, 4) is 0 Å². The molecule has 1 atom stereocenters. The zero-order chi connectivity index (χ0) is 15.7. The van der Waals surface area contributed by atoms with Crippen LogP contribution < -0.4 is 5.32 Å². The fourth-order valence-corrected chi connectivity index (χ4v) is 4.63. The molecule has 1 unspecified atom stereocenters. The third-order valence-electron chi connectivity index (χ3n) is 4.56. The van der Waals surface area contributed by atoms with Gasteiger partial charge in [0.05, 0.1) is 0 Å². The molecule has 2 heteroatoms. The maximum Gasteiger partial charge on any atom is 0.0438 e. The molecule has 0 heterocycles. The van der Waals surface area contributed by atoms with Gasteiger partial charge in [0.25, 0.3) is 0 Å². The zero-order valence-electron chi connectivity index (χ0n) is 14.2. The Morgan fingerprint density at radius 2 is 1.71 bits per heavy atom. The molecule has 0 amide bonds. The van der Waals surface area contributed by atoms with E-state index in [9.17, 15) is 0 Å². The Morgan fingerprint density at radius 1 is 1.14 bits per heavy atom. The highest BCUT2D eigenvalue weighted by atomic mass is 35.5. The molecule has 1 aromatic carbocycles. The van der Waals surface area contributed by atoms with Gasteiger partial charge in [-0.2, -0.15) is 0 Å². The van der Waals surface area contributed by atoms with Gasteiger partial charge in [0.15, 0.2) is 0 Å². The molecule has 1 nitrogen and oxygen atoms in total. The lowest BCUT2D eigenvalue weighted by molar-refractivity contribution is 0.0812. The van der Waals surface area contributed by atoms with Crippen molar-refractivity contribution in [1.82, 2.24) is 5.32 Å². The van der Waals surface area contributed by atoms with Crippen LogP contribution in [0.1, 0.15) is 59.4 Å². The van der Waals surface area contributed by atoms with Crippen LogP contribution in [0.4, 0.5) is 0 Å². The highest BCUT2D eigenvalue weighted by Gasteiger charge is 2.38. The van der Waals surface area contributed by atoms with E-state index in [1.165, 1.54) is 24.8 Å². The number of nitrogens with one attached hydrogen (secondary N) is 1. The molecule has 0 radical (unpaired) electrons. The molecule has 1 aromatic rings. The smallest absolute Gasteiger partial charge is 0.0438 e. The van der Waals surface area contributed by atoms with Gasteiger partial charge in [0, 0.05) is 17.1 Å². The molecular formula is C19H30ClN. The van der Waals surface area contributed by atoms with Gasteiger partial charge in [-0.05, 0) is 55.1 Å². The van der Waals surface area contributed by atoms with Gasteiger partial charge in [-0.1, -0.05) is 57.5 Å². The minimum absolute atomic E-state index is 0.434. The molecule has 1 fully saturated rings. The van der Waals surface area contributed by atoms with Crippen LogP contribution in [-0.2, 0) is 6.42 Å². The molecule has 0 bridgehead atoms. The fraction of sp³-hybridized carbons (Fsp3) is 0.684. The van der Waals surface area contributed by atoms with Crippen LogP contribution in [0.25, 0.3) is 0 Å². The number of hydrogen-bond acceptors (Lipinski definition) is 1. The summed E-state index contributed by atoms with van der Waals surface area (Å²) < 4.78 is 0. The van der Waals surface area contributed by atoms with Crippen LogP contribution in [0.15, 0.2) is 24.3 Å². The predicted octanol–water partition coefficient (Wildman–Crippen LogP) is 5.47. The first-order valence-electron chi connectivity index (χ1n) is 8.16. The number of benzene rings is 1. The third-order valence-corrected chi connectivity index (χ3v) is 4.93. The van der Waals surface area contributed by atoms with Crippen molar-refractivity contribution >= 4 is 11.6 Å². The van der Waals surface area contributed by atoms with Gasteiger partial charge in [-0.25, -0.2) is 0 Å². The maximum absolute atomic E-state index is 6.27. The van der Waals surface area contributed by atoms with E-state index >= 15 is 0 Å². The molecule has 21 heavy (non-hydrogen) atoms. The van der Waals surface area contributed by atoms with Crippen molar-refractivity contribution in [3.05, 3.63) is 34.9 Å². The molecule has 1 N–H and O–H groups in total. The van der Waals surface area contributed by atoms with Gasteiger partial charge >= 0.3 is 0 Å². The standard InChI is InChI=1S/C19H30ClN/c1-14(10-15-8-6-7-9-17(15)20)21-16-11-18(2,3)13-19(4,5)12-16/h6-9,14,16,21H,10-13H2,1-5H3. The number of hydrogen-bond donors (Lipinski definition) is 1. The van der Waals surface area contributed by atoms with E-state index in [2.05, 4.69) is 52.1 Å². The minimum atomic E-state index is 0.434.